The molecule has 14 heavy (non-hydrogen) atoms. The number of rotatable bonds is 0. The molecule has 0 saturated carbocycles. The van der Waals surface area contributed by atoms with Gasteiger partial charge >= 0.3 is 0 Å². The number of fused-ring (bicyclic) bond motifs is 1. The van der Waals surface area contributed by atoms with E-state index >= 15 is 0 Å². The predicted octanol–water partition coefficient (Wildman–Crippen LogP) is 1.20. The molecule has 0 aliphatic carbocycles. The van der Waals surface area contributed by atoms with E-state index in [0.717, 1.165) is 10.5 Å². The van der Waals surface area contributed by atoms with E-state index in [0.29, 0.717) is 10.2 Å². The van der Waals surface area contributed by atoms with Gasteiger partial charge in [-0.1, -0.05) is 12.2 Å². The summed E-state index contributed by atoms with van der Waals surface area (Å²) in [5.41, 5.74) is 0.150. The molecule has 1 N–H and O–H groups in total. The van der Waals surface area contributed by atoms with Crippen LogP contribution >= 0.6 is 12.2 Å². The van der Waals surface area contributed by atoms with Gasteiger partial charge in [0.15, 0.2) is 0 Å². The molecule has 2 aromatic heterocycles. The van der Waals surface area contributed by atoms with Gasteiger partial charge in [0, 0.05) is 11.8 Å². The van der Waals surface area contributed by atoms with E-state index in [9.17, 15) is 9.18 Å². The van der Waals surface area contributed by atoms with E-state index in [1.165, 1.54) is 6.20 Å². The summed E-state index contributed by atoms with van der Waals surface area (Å²) in [5.74, 6) is -0.542. The molecule has 0 aliphatic rings. The molecule has 6 heteroatoms. The van der Waals surface area contributed by atoms with E-state index in [1.54, 1.807) is 6.92 Å². The quantitative estimate of drug-likeness (QED) is 0.526. The Hall–Kier alpha value is -1.56. The predicted molar refractivity (Wildman–Crippen MR) is 51.3 cm³/mol. The monoisotopic (exact) mass is 211 g/mol. The summed E-state index contributed by atoms with van der Waals surface area (Å²) in [6.07, 6.45) is 1.50. The zero-order valence-electron chi connectivity index (χ0n) is 7.24. The molecule has 72 valence electrons. The number of hydrogen-bond acceptors (Lipinski definition) is 3. The zero-order chi connectivity index (χ0) is 10.3. The van der Waals surface area contributed by atoms with E-state index < -0.39 is 11.5 Å². The Morgan fingerprint density at radius 3 is 3.07 bits per heavy atom. The average Bonchev–Trinajstić information content (AvgIpc) is 2.08. The van der Waals surface area contributed by atoms with Crippen LogP contribution in [0.4, 0.5) is 4.39 Å². The third-order valence-electron chi connectivity index (χ3n) is 1.81. The Morgan fingerprint density at radius 1 is 1.64 bits per heavy atom. The van der Waals surface area contributed by atoms with Crippen LogP contribution in [0.2, 0.25) is 0 Å². The second-order valence-corrected chi connectivity index (χ2v) is 3.27. The van der Waals surface area contributed by atoms with Crippen LogP contribution < -0.4 is 5.56 Å². The summed E-state index contributed by atoms with van der Waals surface area (Å²) in [6.45, 7) is 1.73. The van der Waals surface area contributed by atoms with Crippen molar-refractivity contribution in [2.75, 3.05) is 0 Å². The number of nitrogens with one attached hydrogen (secondary N) is 1. The van der Waals surface area contributed by atoms with Crippen LogP contribution in [0.5, 0.6) is 0 Å². The number of hydrogen-bond donors (Lipinski definition) is 1. The summed E-state index contributed by atoms with van der Waals surface area (Å²) in [4.78, 5) is 17.2. The first-order valence-corrected chi connectivity index (χ1v) is 4.27. The summed E-state index contributed by atoms with van der Waals surface area (Å²) in [5, 5.41) is 0. The largest absolute Gasteiger partial charge is 0.292 e. The minimum absolute atomic E-state index is 0.116. The third kappa shape index (κ3) is 1.33. The van der Waals surface area contributed by atoms with Crippen molar-refractivity contribution in [1.82, 2.24) is 14.4 Å². The lowest BCUT2D eigenvalue weighted by Gasteiger charge is -2.02. The zero-order valence-corrected chi connectivity index (χ0v) is 8.06. The molecular formula is C8H6FN3OS. The topological polar surface area (TPSA) is 50.2 Å². The lowest BCUT2D eigenvalue weighted by atomic mass is 10.4. The van der Waals surface area contributed by atoms with Crippen molar-refractivity contribution >= 4 is 18.0 Å². The lowest BCUT2D eigenvalue weighted by Crippen LogP contribution is -2.12. The molecule has 0 saturated heterocycles. The maximum Gasteiger partial charge on any atom is 0.255 e. The van der Waals surface area contributed by atoms with Crippen molar-refractivity contribution in [3.63, 3.8) is 0 Å². The molecule has 4 nitrogen and oxygen atoms in total. The summed E-state index contributed by atoms with van der Waals surface area (Å²) in [7, 11) is 0. The van der Waals surface area contributed by atoms with Gasteiger partial charge in [0.25, 0.3) is 5.56 Å². The molecule has 2 rings (SSSR count). The van der Waals surface area contributed by atoms with Gasteiger partial charge in [-0.3, -0.25) is 14.2 Å². The molecule has 0 atom stereocenters. The molecule has 0 amide bonds. The average molecular weight is 211 g/mol. The second kappa shape index (κ2) is 2.98. The van der Waals surface area contributed by atoms with Gasteiger partial charge in [-0.25, -0.2) is 4.98 Å². The van der Waals surface area contributed by atoms with E-state index in [4.69, 9.17) is 12.2 Å². The van der Waals surface area contributed by atoms with E-state index in [2.05, 4.69) is 9.97 Å². The fourth-order valence-electron chi connectivity index (χ4n) is 1.12. The minimum Gasteiger partial charge on any atom is -0.292 e. The van der Waals surface area contributed by atoms with Crippen molar-refractivity contribution < 1.29 is 4.39 Å². The SMILES string of the molecule is Cc1cn2c(F)cc(=O)[nH]c2nc1=S. The molecule has 0 fully saturated rings. The normalized spacial score (nSPS) is 10.7. The molecule has 0 bridgehead atoms. The van der Waals surface area contributed by atoms with Gasteiger partial charge in [-0.05, 0) is 6.92 Å². The van der Waals surface area contributed by atoms with Crippen LogP contribution in [0, 0.1) is 17.5 Å². The first-order chi connectivity index (χ1) is 6.58. The van der Waals surface area contributed by atoms with Crippen LogP contribution in [0.1, 0.15) is 5.56 Å². The Morgan fingerprint density at radius 2 is 2.36 bits per heavy atom. The Labute approximate surface area is 83.1 Å². The van der Waals surface area contributed by atoms with Crippen molar-refractivity contribution in [3.8, 4) is 0 Å². The smallest absolute Gasteiger partial charge is 0.255 e. The number of aromatic nitrogens is 3. The van der Waals surface area contributed by atoms with E-state index in [-0.39, 0.29) is 5.78 Å². The Kier molecular flexibility index (Phi) is 1.92. The van der Waals surface area contributed by atoms with Gasteiger partial charge in [-0.15, -0.1) is 0 Å². The van der Waals surface area contributed by atoms with E-state index in [1.807, 2.05) is 0 Å². The fraction of sp³-hybridized carbons (Fsp3) is 0.125. The summed E-state index contributed by atoms with van der Waals surface area (Å²) in [6, 6.07) is 0.858. The first-order valence-electron chi connectivity index (χ1n) is 3.87. The van der Waals surface area contributed by atoms with Gasteiger partial charge in [0.2, 0.25) is 11.7 Å². The van der Waals surface area contributed by atoms with Gasteiger partial charge in [0.05, 0.1) is 6.07 Å². The van der Waals surface area contributed by atoms with Gasteiger partial charge in [0.1, 0.15) is 4.64 Å². The molecular weight excluding hydrogens is 205 g/mol. The number of aromatic amines is 1. The van der Waals surface area contributed by atoms with Crippen LogP contribution in [0.3, 0.4) is 0 Å². The third-order valence-corrected chi connectivity index (χ3v) is 2.22. The van der Waals surface area contributed by atoms with Crippen LogP contribution in [0.15, 0.2) is 17.1 Å². The van der Waals surface area contributed by atoms with Crippen LogP contribution in [0.25, 0.3) is 5.78 Å². The number of nitrogens with zero attached hydrogens (tertiary/aromatic N) is 2. The molecule has 0 aromatic carbocycles. The first kappa shape index (κ1) is 9.01. The highest BCUT2D eigenvalue weighted by Gasteiger charge is 2.02. The Balaban J connectivity index is 3.03. The molecule has 0 aliphatic heterocycles. The molecule has 2 heterocycles. The van der Waals surface area contributed by atoms with Crippen molar-refractivity contribution in [1.29, 1.82) is 0 Å². The Bertz CT molecular complexity index is 616. The maximum absolute atomic E-state index is 13.2. The highest BCUT2D eigenvalue weighted by atomic mass is 32.1. The highest BCUT2D eigenvalue weighted by molar-refractivity contribution is 7.71. The van der Waals surface area contributed by atoms with Crippen molar-refractivity contribution in [3.05, 3.63) is 38.8 Å². The molecule has 0 radical (unpaired) electrons. The standard InChI is InChI=1S/C8H6FN3OS/c1-4-3-12-5(9)2-6(13)10-8(12)11-7(4)14/h2-3H,1H3,(H,10,11,13,14). The lowest BCUT2D eigenvalue weighted by molar-refractivity contribution is 0.557. The highest BCUT2D eigenvalue weighted by Crippen LogP contribution is 2.02. The minimum atomic E-state index is -0.658. The van der Waals surface area contributed by atoms with Gasteiger partial charge in [-0.2, -0.15) is 4.39 Å². The fourth-order valence-corrected chi connectivity index (χ4v) is 1.26. The van der Waals surface area contributed by atoms with Crippen molar-refractivity contribution in [2.45, 2.75) is 6.92 Å². The second-order valence-electron chi connectivity index (χ2n) is 2.88. The van der Waals surface area contributed by atoms with Crippen LogP contribution in [-0.2, 0) is 0 Å². The maximum atomic E-state index is 13.2. The number of halogens is 1. The number of aryl methyl sites for hydroxylation is 1. The summed E-state index contributed by atoms with van der Waals surface area (Å²) < 4.78 is 14.7. The molecule has 0 unspecified atom stereocenters. The molecule has 0 spiro atoms. The van der Waals surface area contributed by atoms with Crippen LogP contribution in [-0.4, -0.2) is 14.4 Å². The van der Waals surface area contributed by atoms with Crippen molar-refractivity contribution in [2.24, 2.45) is 0 Å². The molecule has 2 aromatic rings. The number of H-pyrrole nitrogens is 1. The summed E-state index contributed by atoms with van der Waals surface area (Å²) >= 11 is 4.90. The van der Waals surface area contributed by atoms with Gasteiger partial charge < -0.3 is 0 Å².